The summed E-state index contributed by atoms with van der Waals surface area (Å²) in [6.45, 7) is 4.15. The number of nitrogens with zero attached hydrogens (tertiary/aromatic N) is 4. The molecular formula is C21H20N4O. The number of benzene rings is 2. The maximum atomic E-state index is 9.22. The molecule has 4 rings (SSSR count). The van der Waals surface area contributed by atoms with Crippen LogP contribution in [0, 0.1) is 11.3 Å². The van der Waals surface area contributed by atoms with Crippen LogP contribution >= 0.6 is 0 Å². The zero-order chi connectivity index (χ0) is 17.9. The Kier molecular flexibility index (Phi) is 4.42. The summed E-state index contributed by atoms with van der Waals surface area (Å²) in [4.78, 5) is 8.96. The summed E-state index contributed by atoms with van der Waals surface area (Å²) in [6, 6.07) is 18.0. The van der Waals surface area contributed by atoms with Crippen molar-refractivity contribution in [3.8, 4) is 17.7 Å². The molecule has 0 saturated carbocycles. The van der Waals surface area contributed by atoms with Gasteiger partial charge in [0.1, 0.15) is 17.4 Å². The third-order valence-corrected chi connectivity index (χ3v) is 4.78. The minimum atomic E-state index is 0.339. The topological polar surface area (TPSA) is 52.4 Å². The number of nitriles is 1. The number of anilines is 1. The molecule has 3 aromatic rings. The number of likely N-dealkylation sites (N-methyl/N-ethyl adjacent to an activating group) is 1. The van der Waals surface area contributed by atoms with Crippen LogP contribution in [0.1, 0.15) is 5.56 Å². The average molecular weight is 344 g/mol. The summed E-state index contributed by atoms with van der Waals surface area (Å²) in [5, 5.41) is 11.6. The Morgan fingerprint density at radius 2 is 1.88 bits per heavy atom. The predicted octanol–water partition coefficient (Wildman–Crippen LogP) is 3.65. The van der Waals surface area contributed by atoms with Crippen LogP contribution in [0.5, 0.6) is 11.6 Å². The van der Waals surface area contributed by atoms with Gasteiger partial charge in [-0.15, -0.1) is 0 Å². The summed E-state index contributed by atoms with van der Waals surface area (Å²) in [5.74, 6) is 1.03. The first kappa shape index (κ1) is 16.4. The Labute approximate surface area is 153 Å². The zero-order valence-electron chi connectivity index (χ0n) is 14.7. The molecule has 1 aliphatic heterocycles. The van der Waals surface area contributed by atoms with Gasteiger partial charge in [0.25, 0.3) is 0 Å². The second-order valence-electron chi connectivity index (χ2n) is 6.52. The van der Waals surface area contributed by atoms with Crippen molar-refractivity contribution in [3.05, 3.63) is 60.3 Å². The molecule has 0 spiro atoms. The molecule has 5 heteroatoms. The first-order chi connectivity index (χ1) is 12.7. The summed E-state index contributed by atoms with van der Waals surface area (Å²) in [7, 11) is 2.16. The van der Waals surface area contributed by atoms with Crippen molar-refractivity contribution in [2.24, 2.45) is 0 Å². The van der Waals surface area contributed by atoms with Gasteiger partial charge in [0.15, 0.2) is 0 Å². The van der Waals surface area contributed by atoms with Crippen LogP contribution in [0.15, 0.2) is 54.7 Å². The van der Waals surface area contributed by atoms with Crippen LogP contribution < -0.4 is 9.64 Å². The quantitative estimate of drug-likeness (QED) is 0.726. The molecule has 2 aromatic carbocycles. The van der Waals surface area contributed by atoms with Gasteiger partial charge in [-0.1, -0.05) is 18.2 Å². The van der Waals surface area contributed by atoms with E-state index in [1.54, 1.807) is 18.3 Å². The Morgan fingerprint density at radius 3 is 2.69 bits per heavy atom. The van der Waals surface area contributed by atoms with Crippen LogP contribution in [0.3, 0.4) is 0 Å². The molecule has 0 radical (unpaired) electrons. The number of hydrogen-bond donors (Lipinski definition) is 0. The molecule has 1 aromatic heterocycles. The summed E-state index contributed by atoms with van der Waals surface area (Å²) in [5.41, 5.74) is 1.66. The number of pyridine rings is 1. The maximum Gasteiger partial charge on any atom is 0.237 e. The minimum absolute atomic E-state index is 0.339. The van der Waals surface area contributed by atoms with Gasteiger partial charge in [0, 0.05) is 43.4 Å². The number of rotatable bonds is 3. The van der Waals surface area contributed by atoms with Crippen LogP contribution in [0.25, 0.3) is 10.8 Å². The molecule has 1 fully saturated rings. The molecule has 0 N–H and O–H groups in total. The lowest BCUT2D eigenvalue weighted by Gasteiger charge is -2.34. The highest BCUT2D eigenvalue weighted by Gasteiger charge is 2.16. The van der Waals surface area contributed by atoms with Crippen molar-refractivity contribution >= 4 is 16.5 Å². The highest BCUT2D eigenvalue weighted by Crippen LogP contribution is 2.32. The van der Waals surface area contributed by atoms with E-state index in [2.05, 4.69) is 52.2 Å². The monoisotopic (exact) mass is 344 g/mol. The Morgan fingerprint density at radius 1 is 1.04 bits per heavy atom. The molecule has 2 heterocycles. The molecule has 1 saturated heterocycles. The molecule has 5 nitrogen and oxygen atoms in total. The minimum Gasteiger partial charge on any atom is -0.438 e. The molecule has 0 bridgehead atoms. The van der Waals surface area contributed by atoms with E-state index in [4.69, 9.17) is 4.74 Å². The molecule has 130 valence electrons. The Bertz CT molecular complexity index is 971. The lowest BCUT2D eigenvalue weighted by atomic mass is 10.1. The normalized spacial score (nSPS) is 15.0. The summed E-state index contributed by atoms with van der Waals surface area (Å²) < 4.78 is 5.91. The first-order valence-corrected chi connectivity index (χ1v) is 8.74. The van der Waals surface area contributed by atoms with Gasteiger partial charge >= 0.3 is 0 Å². The number of fused-ring (bicyclic) bond motifs is 1. The van der Waals surface area contributed by atoms with Gasteiger partial charge in [0.05, 0.1) is 0 Å². The van der Waals surface area contributed by atoms with Gasteiger partial charge in [-0.2, -0.15) is 5.26 Å². The van der Waals surface area contributed by atoms with Crippen molar-refractivity contribution in [2.45, 2.75) is 0 Å². The van der Waals surface area contributed by atoms with Crippen molar-refractivity contribution in [3.63, 3.8) is 0 Å². The van der Waals surface area contributed by atoms with Gasteiger partial charge in [-0.25, -0.2) is 4.98 Å². The van der Waals surface area contributed by atoms with E-state index in [1.807, 2.05) is 12.1 Å². The van der Waals surface area contributed by atoms with E-state index in [1.165, 1.54) is 11.1 Å². The largest absolute Gasteiger partial charge is 0.438 e. The Balaban J connectivity index is 1.70. The molecular weight excluding hydrogens is 324 g/mol. The van der Waals surface area contributed by atoms with Gasteiger partial charge < -0.3 is 14.5 Å². The third-order valence-electron chi connectivity index (χ3n) is 4.78. The smallest absolute Gasteiger partial charge is 0.237 e. The van der Waals surface area contributed by atoms with Crippen molar-refractivity contribution < 1.29 is 4.74 Å². The fraction of sp³-hybridized carbons (Fsp3) is 0.238. The highest BCUT2D eigenvalue weighted by atomic mass is 16.5. The lowest BCUT2D eigenvalue weighted by Crippen LogP contribution is -2.44. The van der Waals surface area contributed by atoms with Crippen LogP contribution in [-0.4, -0.2) is 43.1 Å². The van der Waals surface area contributed by atoms with Crippen LogP contribution in [0.4, 0.5) is 5.69 Å². The van der Waals surface area contributed by atoms with Crippen LogP contribution in [-0.2, 0) is 0 Å². The standard InChI is InChI=1S/C21H20N4O/c1-24-10-12-25(13-11-24)20-6-2-4-16-7-8-18(14-19(16)20)26-21-17(15-22)5-3-9-23-21/h2-9,14H,10-13H2,1H3. The van der Waals surface area contributed by atoms with E-state index in [0.717, 1.165) is 31.6 Å². The summed E-state index contributed by atoms with van der Waals surface area (Å²) >= 11 is 0. The number of ether oxygens (including phenoxy) is 1. The number of hydrogen-bond acceptors (Lipinski definition) is 5. The van der Waals surface area contributed by atoms with Crippen molar-refractivity contribution in [1.29, 1.82) is 5.26 Å². The fourth-order valence-corrected chi connectivity index (χ4v) is 3.29. The second kappa shape index (κ2) is 7.03. The Hall–Kier alpha value is -3.10. The number of aromatic nitrogens is 1. The summed E-state index contributed by atoms with van der Waals surface area (Å²) in [6.07, 6.45) is 1.63. The molecule has 0 atom stereocenters. The first-order valence-electron chi connectivity index (χ1n) is 8.74. The molecule has 0 amide bonds. The average Bonchev–Trinajstić information content (AvgIpc) is 2.69. The van der Waals surface area contributed by atoms with E-state index in [0.29, 0.717) is 17.2 Å². The van der Waals surface area contributed by atoms with Gasteiger partial charge in [-0.3, -0.25) is 0 Å². The lowest BCUT2D eigenvalue weighted by molar-refractivity contribution is 0.313. The van der Waals surface area contributed by atoms with E-state index in [-0.39, 0.29) is 0 Å². The van der Waals surface area contributed by atoms with E-state index < -0.39 is 0 Å². The van der Waals surface area contributed by atoms with Crippen molar-refractivity contribution in [1.82, 2.24) is 9.88 Å². The SMILES string of the molecule is CN1CCN(c2cccc3ccc(Oc4ncccc4C#N)cc23)CC1. The van der Waals surface area contributed by atoms with Gasteiger partial charge in [0.2, 0.25) is 5.88 Å². The van der Waals surface area contributed by atoms with Crippen LogP contribution in [0.2, 0.25) is 0 Å². The van der Waals surface area contributed by atoms with E-state index >= 15 is 0 Å². The predicted molar refractivity (Wildman–Crippen MR) is 103 cm³/mol. The highest BCUT2D eigenvalue weighted by molar-refractivity contribution is 5.95. The van der Waals surface area contributed by atoms with Crippen molar-refractivity contribution in [2.75, 3.05) is 38.1 Å². The fourth-order valence-electron chi connectivity index (χ4n) is 3.29. The van der Waals surface area contributed by atoms with E-state index in [9.17, 15) is 5.26 Å². The number of piperazine rings is 1. The molecule has 0 unspecified atom stereocenters. The maximum absolute atomic E-state index is 9.22. The molecule has 0 aliphatic carbocycles. The third kappa shape index (κ3) is 3.19. The molecule has 1 aliphatic rings. The second-order valence-corrected chi connectivity index (χ2v) is 6.52. The van der Waals surface area contributed by atoms with Gasteiger partial charge in [-0.05, 0) is 42.8 Å². The molecule has 26 heavy (non-hydrogen) atoms. The zero-order valence-corrected chi connectivity index (χ0v) is 14.7.